The smallest absolute Gasteiger partial charge is 0.143 e. The van der Waals surface area contributed by atoms with E-state index in [1.165, 1.54) is 55.3 Å². The minimum atomic E-state index is 0.901. The van der Waals surface area contributed by atoms with Crippen LogP contribution in [-0.4, -0.2) is 0 Å². The second-order valence-electron chi connectivity index (χ2n) is 16.8. The third kappa shape index (κ3) is 7.12. The lowest BCUT2D eigenvalue weighted by molar-refractivity contribution is 0.670. The van der Waals surface area contributed by atoms with Crippen molar-refractivity contribution in [3.05, 3.63) is 261 Å². The molecular weight excluding hydrogens is 799 g/mol. The van der Waals surface area contributed by atoms with Gasteiger partial charge < -0.3 is 9.32 Å². The van der Waals surface area contributed by atoms with Gasteiger partial charge >= 0.3 is 0 Å². The normalized spacial score (nSPS) is 11.3. The van der Waals surface area contributed by atoms with Crippen LogP contribution in [0.15, 0.2) is 265 Å². The molecule has 0 amide bonds. The van der Waals surface area contributed by atoms with Crippen molar-refractivity contribution in [2.45, 2.75) is 0 Å². The molecule has 0 aliphatic carbocycles. The summed E-state index contributed by atoms with van der Waals surface area (Å²) < 4.78 is 6.46. The standard InChI is InChI=1S/C64H43NO/c1-2-17-45(18-3-1)54-22-6-8-24-57(54)59-26-10-11-27-60(59)58-25-9-7-23-55(58)46-34-38-51(39-35-46)65(53-21-14-20-49(43-53)50-33-32-44-16-4-5-19-48(44)42-50)52-40-36-47(37-41-52)56-29-15-30-62-61-28-12-13-31-63(61)66-64(56)62/h1-43H. The highest BCUT2D eigenvalue weighted by atomic mass is 16.3. The first kappa shape index (κ1) is 38.9. The van der Waals surface area contributed by atoms with Crippen molar-refractivity contribution in [3.8, 4) is 66.8 Å². The van der Waals surface area contributed by atoms with E-state index in [0.717, 1.165) is 61.3 Å². The van der Waals surface area contributed by atoms with Crippen molar-refractivity contribution in [3.63, 3.8) is 0 Å². The van der Waals surface area contributed by atoms with Gasteiger partial charge in [0, 0.05) is 33.4 Å². The monoisotopic (exact) mass is 841 g/mol. The van der Waals surface area contributed by atoms with E-state index in [4.69, 9.17) is 4.42 Å². The Morgan fingerprint density at radius 1 is 0.242 bits per heavy atom. The minimum Gasteiger partial charge on any atom is -0.455 e. The van der Waals surface area contributed by atoms with Gasteiger partial charge in [0.25, 0.3) is 0 Å². The van der Waals surface area contributed by atoms with E-state index in [1.54, 1.807) is 0 Å². The molecule has 1 heterocycles. The first-order chi connectivity index (χ1) is 32.7. The van der Waals surface area contributed by atoms with Gasteiger partial charge in [-0.1, -0.05) is 212 Å². The molecule has 2 heteroatoms. The third-order valence-electron chi connectivity index (χ3n) is 12.9. The maximum absolute atomic E-state index is 6.46. The van der Waals surface area contributed by atoms with Gasteiger partial charge in [0.1, 0.15) is 11.2 Å². The van der Waals surface area contributed by atoms with E-state index in [-0.39, 0.29) is 0 Å². The highest BCUT2D eigenvalue weighted by molar-refractivity contribution is 6.09. The highest BCUT2D eigenvalue weighted by Crippen LogP contribution is 2.44. The fraction of sp³-hybridized carbons (Fsp3) is 0. The summed E-state index contributed by atoms with van der Waals surface area (Å²) in [5.41, 5.74) is 19.1. The molecule has 0 radical (unpaired) electrons. The second kappa shape index (κ2) is 16.8. The van der Waals surface area contributed by atoms with Crippen LogP contribution in [0.2, 0.25) is 0 Å². The molecule has 12 aromatic rings. The minimum absolute atomic E-state index is 0.901. The molecule has 0 atom stereocenters. The highest BCUT2D eigenvalue weighted by Gasteiger charge is 2.19. The van der Waals surface area contributed by atoms with Crippen molar-refractivity contribution < 1.29 is 4.42 Å². The Hall–Kier alpha value is -8.72. The van der Waals surface area contributed by atoms with E-state index >= 15 is 0 Å². The average molecular weight is 842 g/mol. The molecule has 12 rings (SSSR count). The summed E-state index contributed by atoms with van der Waals surface area (Å²) in [4.78, 5) is 2.36. The zero-order valence-electron chi connectivity index (χ0n) is 36.2. The summed E-state index contributed by atoms with van der Waals surface area (Å²) >= 11 is 0. The van der Waals surface area contributed by atoms with E-state index in [9.17, 15) is 0 Å². The third-order valence-corrected chi connectivity index (χ3v) is 12.9. The summed E-state index contributed by atoms with van der Waals surface area (Å²) in [5, 5.41) is 4.72. The van der Waals surface area contributed by atoms with Gasteiger partial charge in [0.15, 0.2) is 0 Å². The molecule has 66 heavy (non-hydrogen) atoms. The van der Waals surface area contributed by atoms with Gasteiger partial charge in [-0.2, -0.15) is 0 Å². The Morgan fingerprint density at radius 3 is 1.35 bits per heavy atom. The van der Waals surface area contributed by atoms with Crippen molar-refractivity contribution >= 4 is 49.8 Å². The molecule has 2 nitrogen and oxygen atoms in total. The fourth-order valence-corrected chi connectivity index (χ4v) is 9.71. The first-order valence-corrected chi connectivity index (χ1v) is 22.6. The molecule has 0 fully saturated rings. The lowest BCUT2D eigenvalue weighted by Gasteiger charge is -2.26. The molecule has 0 aliphatic heterocycles. The first-order valence-electron chi connectivity index (χ1n) is 22.6. The Balaban J connectivity index is 0.949. The van der Waals surface area contributed by atoms with Crippen molar-refractivity contribution in [2.75, 3.05) is 4.90 Å². The second-order valence-corrected chi connectivity index (χ2v) is 16.8. The van der Waals surface area contributed by atoms with Crippen molar-refractivity contribution in [1.29, 1.82) is 0 Å². The summed E-state index contributed by atoms with van der Waals surface area (Å²) in [6.45, 7) is 0. The van der Waals surface area contributed by atoms with Crippen molar-refractivity contribution in [1.82, 2.24) is 0 Å². The van der Waals surface area contributed by atoms with Gasteiger partial charge in [-0.3, -0.25) is 0 Å². The van der Waals surface area contributed by atoms with E-state index < -0.39 is 0 Å². The quantitative estimate of drug-likeness (QED) is 0.144. The molecule has 0 bridgehead atoms. The molecule has 310 valence electrons. The zero-order chi connectivity index (χ0) is 43.8. The van der Waals surface area contributed by atoms with Crippen molar-refractivity contribution in [2.24, 2.45) is 0 Å². The Morgan fingerprint density at radius 2 is 0.682 bits per heavy atom. The maximum Gasteiger partial charge on any atom is 0.143 e. The Labute approximate surface area is 384 Å². The van der Waals surface area contributed by atoms with Gasteiger partial charge in [-0.15, -0.1) is 0 Å². The molecule has 0 spiro atoms. The van der Waals surface area contributed by atoms with Crippen LogP contribution in [0.3, 0.4) is 0 Å². The van der Waals surface area contributed by atoms with Crippen LogP contribution in [0.5, 0.6) is 0 Å². The van der Waals surface area contributed by atoms with Crippen LogP contribution in [-0.2, 0) is 0 Å². The van der Waals surface area contributed by atoms with E-state index in [0.29, 0.717) is 0 Å². The van der Waals surface area contributed by atoms with Crippen LogP contribution < -0.4 is 4.90 Å². The molecule has 0 aliphatic rings. The zero-order valence-corrected chi connectivity index (χ0v) is 36.2. The number of hydrogen-bond donors (Lipinski definition) is 0. The molecule has 1 aromatic heterocycles. The van der Waals surface area contributed by atoms with Gasteiger partial charge in [0.2, 0.25) is 0 Å². The van der Waals surface area contributed by atoms with Crippen LogP contribution >= 0.6 is 0 Å². The lowest BCUT2D eigenvalue weighted by Crippen LogP contribution is -2.10. The largest absolute Gasteiger partial charge is 0.455 e. The molecule has 0 saturated heterocycles. The number of benzene rings is 11. The van der Waals surface area contributed by atoms with Crippen LogP contribution in [0, 0.1) is 0 Å². The number of anilines is 3. The molecule has 0 saturated carbocycles. The predicted molar refractivity (Wildman–Crippen MR) is 279 cm³/mol. The van der Waals surface area contributed by atoms with Gasteiger partial charge in [-0.05, 0) is 121 Å². The number of fused-ring (bicyclic) bond motifs is 4. The number of hydrogen-bond acceptors (Lipinski definition) is 2. The van der Waals surface area contributed by atoms with Crippen LogP contribution in [0.1, 0.15) is 0 Å². The Kier molecular flexibility index (Phi) is 9.89. The number of para-hydroxylation sites is 2. The fourth-order valence-electron chi connectivity index (χ4n) is 9.71. The van der Waals surface area contributed by atoms with E-state index in [2.05, 4.69) is 254 Å². The van der Waals surface area contributed by atoms with Crippen LogP contribution in [0.25, 0.3) is 99.5 Å². The van der Waals surface area contributed by atoms with Crippen LogP contribution in [0.4, 0.5) is 17.1 Å². The Bertz CT molecular complexity index is 3700. The topological polar surface area (TPSA) is 16.4 Å². The summed E-state index contributed by atoms with van der Waals surface area (Å²) in [6, 6.07) is 93.8. The number of furan rings is 1. The molecule has 11 aromatic carbocycles. The summed E-state index contributed by atoms with van der Waals surface area (Å²) in [7, 11) is 0. The van der Waals surface area contributed by atoms with Gasteiger partial charge in [0.05, 0.1) is 0 Å². The predicted octanol–water partition coefficient (Wildman–Crippen LogP) is 18.2. The summed E-state index contributed by atoms with van der Waals surface area (Å²) in [6.07, 6.45) is 0. The molecule has 0 unspecified atom stereocenters. The number of nitrogens with zero attached hydrogens (tertiary/aromatic N) is 1. The summed E-state index contributed by atoms with van der Waals surface area (Å²) in [5.74, 6) is 0. The number of rotatable bonds is 9. The van der Waals surface area contributed by atoms with E-state index in [1.807, 2.05) is 12.1 Å². The molecule has 0 N–H and O–H groups in total. The molecular formula is C64H43NO. The maximum atomic E-state index is 6.46. The SMILES string of the molecule is c1ccc(-c2ccccc2-c2ccccc2-c2ccccc2-c2ccc(N(c3ccc(-c4cccc5c4oc4ccccc45)cc3)c3cccc(-c4ccc5ccccc5c4)c3)cc2)cc1. The average Bonchev–Trinajstić information content (AvgIpc) is 3.79. The lowest BCUT2D eigenvalue weighted by atomic mass is 9.87. The van der Waals surface area contributed by atoms with Gasteiger partial charge in [-0.25, -0.2) is 0 Å².